The lowest BCUT2D eigenvalue weighted by molar-refractivity contribution is -0.121. The third-order valence-electron chi connectivity index (χ3n) is 5.62. The summed E-state index contributed by atoms with van der Waals surface area (Å²) in [4.78, 5) is 15.4. The largest absolute Gasteiger partial charge is 0.325 e. The Balaban J connectivity index is 1.44. The third kappa shape index (κ3) is 3.77. The third-order valence-corrected chi connectivity index (χ3v) is 5.62. The number of nitrogens with zero attached hydrogens (tertiary/aromatic N) is 5. The molecule has 2 heterocycles. The molecule has 4 rings (SSSR count). The Morgan fingerprint density at radius 3 is 2.69 bits per heavy atom. The van der Waals surface area contributed by atoms with Crippen LogP contribution in [0.5, 0.6) is 0 Å². The highest BCUT2D eigenvalue weighted by atomic mass is 16.2. The number of likely N-dealkylation sites (tertiary alicyclic amines) is 1. The second-order valence-electron chi connectivity index (χ2n) is 7.34. The number of anilines is 1. The Kier molecular flexibility index (Phi) is 5.24. The monoisotopic (exact) mass is 354 g/mol. The topological polar surface area (TPSA) is 75.9 Å². The van der Waals surface area contributed by atoms with Crippen molar-refractivity contribution in [2.45, 2.75) is 63.5 Å². The minimum absolute atomic E-state index is 0.00482. The van der Waals surface area contributed by atoms with Crippen LogP contribution in [-0.4, -0.2) is 49.6 Å². The molecule has 1 amide bonds. The number of amides is 1. The number of hydrogen-bond acceptors (Lipinski definition) is 5. The van der Waals surface area contributed by atoms with Crippen molar-refractivity contribution in [1.29, 1.82) is 0 Å². The summed E-state index contributed by atoms with van der Waals surface area (Å²) in [5.41, 5.74) is 1.62. The first-order chi connectivity index (χ1) is 12.8. The van der Waals surface area contributed by atoms with Gasteiger partial charge in [0.15, 0.2) is 0 Å². The predicted molar refractivity (Wildman–Crippen MR) is 99.0 cm³/mol. The van der Waals surface area contributed by atoms with Gasteiger partial charge < -0.3 is 5.32 Å². The Labute approximate surface area is 153 Å². The molecule has 2 aliphatic rings. The highest BCUT2D eigenvalue weighted by Crippen LogP contribution is 2.29. The molecule has 0 radical (unpaired) electrons. The highest BCUT2D eigenvalue weighted by Gasteiger charge is 2.35. The smallest absolute Gasteiger partial charge is 0.241 e. The molecule has 1 atom stereocenters. The van der Waals surface area contributed by atoms with Gasteiger partial charge in [-0.2, -0.15) is 0 Å². The number of carbonyl (C=O) groups excluding carboxylic acids is 1. The number of benzene rings is 1. The fourth-order valence-electron chi connectivity index (χ4n) is 4.33. The van der Waals surface area contributed by atoms with Crippen molar-refractivity contribution in [3.8, 4) is 5.69 Å². The van der Waals surface area contributed by atoms with Gasteiger partial charge in [-0.25, -0.2) is 4.68 Å². The van der Waals surface area contributed by atoms with Crippen molar-refractivity contribution < 1.29 is 4.79 Å². The van der Waals surface area contributed by atoms with Gasteiger partial charge in [0.1, 0.15) is 6.33 Å². The molecule has 138 valence electrons. The van der Waals surface area contributed by atoms with Crippen LogP contribution < -0.4 is 5.32 Å². The van der Waals surface area contributed by atoms with Crippen LogP contribution in [-0.2, 0) is 4.79 Å². The number of rotatable bonds is 4. The van der Waals surface area contributed by atoms with E-state index in [1.165, 1.54) is 38.5 Å². The molecular formula is C19H26N6O. The summed E-state index contributed by atoms with van der Waals surface area (Å²) in [5.74, 6) is 0.112. The van der Waals surface area contributed by atoms with Gasteiger partial charge in [-0.1, -0.05) is 31.7 Å². The lowest BCUT2D eigenvalue weighted by Gasteiger charge is -2.31. The molecule has 1 aromatic carbocycles. The number of hydrogen-bond donors (Lipinski definition) is 1. The zero-order chi connectivity index (χ0) is 17.8. The van der Waals surface area contributed by atoms with Gasteiger partial charge in [0.2, 0.25) is 5.91 Å². The van der Waals surface area contributed by atoms with Crippen molar-refractivity contribution in [2.75, 3.05) is 11.9 Å². The van der Waals surface area contributed by atoms with Gasteiger partial charge in [0.25, 0.3) is 0 Å². The molecule has 1 saturated heterocycles. The highest BCUT2D eigenvalue weighted by molar-refractivity contribution is 5.95. The van der Waals surface area contributed by atoms with Gasteiger partial charge in [-0.05, 0) is 60.9 Å². The minimum atomic E-state index is -0.00482. The summed E-state index contributed by atoms with van der Waals surface area (Å²) < 4.78 is 1.59. The first-order valence-electron chi connectivity index (χ1n) is 9.71. The summed E-state index contributed by atoms with van der Waals surface area (Å²) in [5, 5.41) is 14.3. The normalized spacial score (nSPS) is 22.2. The number of tetrazole rings is 1. The maximum atomic E-state index is 13.0. The Hall–Kier alpha value is -2.28. The fourth-order valence-corrected chi connectivity index (χ4v) is 4.33. The van der Waals surface area contributed by atoms with E-state index in [0.717, 1.165) is 30.8 Å². The zero-order valence-electron chi connectivity index (χ0n) is 15.0. The Morgan fingerprint density at radius 1 is 1.08 bits per heavy atom. The average Bonchev–Trinajstić information content (AvgIpc) is 3.30. The SMILES string of the molecule is O=C(Nc1cccc(-n2cnnn2)c1)[C@@H]1CCCN1C1CCCCCC1. The summed E-state index contributed by atoms with van der Waals surface area (Å²) in [6.07, 6.45) is 11.3. The molecule has 1 aliphatic carbocycles. The number of carbonyl (C=O) groups is 1. The minimum Gasteiger partial charge on any atom is -0.325 e. The van der Waals surface area contributed by atoms with Gasteiger partial charge in [0.05, 0.1) is 11.7 Å². The standard InChI is InChI=1S/C19H26N6O/c26-19(18-11-6-12-24(18)16-8-3-1-2-4-9-16)21-15-7-5-10-17(13-15)25-14-20-22-23-25/h5,7,10,13-14,16,18H,1-4,6,8-9,11-12H2,(H,21,26)/t18-/m0/s1. The molecule has 7 heteroatoms. The van der Waals surface area contributed by atoms with Gasteiger partial charge in [0, 0.05) is 11.7 Å². The van der Waals surface area contributed by atoms with Crippen molar-refractivity contribution >= 4 is 11.6 Å². The van der Waals surface area contributed by atoms with E-state index in [4.69, 9.17) is 0 Å². The van der Waals surface area contributed by atoms with E-state index in [2.05, 4.69) is 25.7 Å². The lowest BCUT2D eigenvalue weighted by atomic mass is 10.1. The first-order valence-corrected chi connectivity index (χ1v) is 9.71. The van der Waals surface area contributed by atoms with Crippen molar-refractivity contribution in [3.63, 3.8) is 0 Å². The maximum absolute atomic E-state index is 13.0. The molecule has 1 aliphatic heterocycles. The summed E-state index contributed by atoms with van der Waals surface area (Å²) >= 11 is 0. The molecule has 0 bridgehead atoms. The molecule has 2 aromatic rings. The second-order valence-corrected chi connectivity index (χ2v) is 7.34. The van der Waals surface area contributed by atoms with Crippen LogP contribution in [0.2, 0.25) is 0 Å². The fraction of sp³-hybridized carbons (Fsp3) is 0.579. The van der Waals surface area contributed by atoms with Crippen molar-refractivity contribution in [3.05, 3.63) is 30.6 Å². The van der Waals surface area contributed by atoms with E-state index in [1.807, 2.05) is 24.3 Å². The lowest BCUT2D eigenvalue weighted by Crippen LogP contribution is -2.45. The summed E-state index contributed by atoms with van der Waals surface area (Å²) in [7, 11) is 0. The zero-order valence-corrected chi connectivity index (χ0v) is 15.0. The van der Waals surface area contributed by atoms with Crippen LogP contribution in [0.4, 0.5) is 5.69 Å². The maximum Gasteiger partial charge on any atom is 0.241 e. The second kappa shape index (κ2) is 7.95. The number of aromatic nitrogens is 4. The molecule has 2 fully saturated rings. The van der Waals surface area contributed by atoms with E-state index in [-0.39, 0.29) is 11.9 Å². The Bertz CT molecular complexity index is 723. The molecule has 26 heavy (non-hydrogen) atoms. The Morgan fingerprint density at radius 2 is 1.92 bits per heavy atom. The van der Waals surface area contributed by atoms with Gasteiger partial charge in [-0.3, -0.25) is 9.69 Å². The van der Waals surface area contributed by atoms with E-state index >= 15 is 0 Å². The molecule has 1 saturated carbocycles. The molecular weight excluding hydrogens is 328 g/mol. The van der Waals surface area contributed by atoms with Crippen LogP contribution in [0.15, 0.2) is 30.6 Å². The van der Waals surface area contributed by atoms with Crippen LogP contribution in [0.1, 0.15) is 51.4 Å². The van der Waals surface area contributed by atoms with E-state index in [0.29, 0.717) is 6.04 Å². The van der Waals surface area contributed by atoms with E-state index < -0.39 is 0 Å². The molecule has 0 spiro atoms. The van der Waals surface area contributed by atoms with Crippen LogP contribution >= 0.6 is 0 Å². The number of nitrogens with one attached hydrogen (secondary N) is 1. The molecule has 0 unspecified atom stereocenters. The van der Waals surface area contributed by atoms with Gasteiger partial charge in [-0.15, -0.1) is 5.10 Å². The first kappa shape index (κ1) is 17.1. The predicted octanol–water partition coefficient (Wildman–Crippen LogP) is 2.79. The van der Waals surface area contributed by atoms with E-state index in [9.17, 15) is 4.79 Å². The molecule has 1 N–H and O–H groups in total. The van der Waals surface area contributed by atoms with Crippen LogP contribution in [0.3, 0.4) is 0 Å². The van der Waals surface area contributed by atoms with Crippen LogP contribution in [0.25, 0.3) is 5.69 Å². The van der Waals surface area contributed by atoms with Gasteiger partial charge >= 0.3 is 0 Å². The summed E-state index contributed by atoms with van der Waals surface area (Å²) in [6, 6.07) is 8.21. The average molecular weight is 354 g/mol. The van der Waals surface area contributed by atoms with Crippen molar-refractivity contribution in [2.24, 2.45) is 0 Å². The molecule has 7 nitrogen and oxygen atoms in total. The summed E-state index contributed by atoms with van der Waals surface area (Å²) in [6.45, 7) is 1.05. The molecule has 1 aromatic heterocycles. The van der Waals surface area contributed by atoms with Crippen molar-refractivity contribution in [1.82, 2.24) is 25.1 Å². The van der Waals surface area contributed by atoms with E-state index in [1.54, 1.807) is 11.0 Å². The quantitative estimate of drug-likeness (QED) is 0.855. The van der Waals surface area contributed by atoms with Crippen LogP contribution in [0, 0.1) is 0 Å².